The van der Waals surface area contributed by atoms with Crippen LogP contribution in [0.1, 0.15) is 40.0 Å². The maximum Gasteiger partial charge on any atom is 0.256 e. The second-order valence-electron chi connectivity index (χ2n) is 6.99. The average molecular weight is 397 g/mol. The molecule has 0 aromatic heterocycles. The molecule has 1 fully saturated rings. The summed E-state index contributed by atoms with van der Waals surface area (Å²) in [4.78, 5) is 38.1. The molecule has 0 saturated carbocycles. The molecule has 0 spiro atoms. The number of hydrogen-bond donors (Lipinski definition) is 2. The summed E-state index contributed by atoms with van der Waals surface area (Å²) in [6, 6.07) is 14.7. The van der Waals surface area contributed by atoms with Gasteiger partial charge in [0.2, 0.25) is 5.91 Å². The number of nitrogens with zero attached hydrogens (tertiary/aromatic N) is 1. The maximum absolute atomic E-state index is 13.8. The van der Waals surface area contributed by atoms with Crippen molar-refractivity contribution in [2.45, 2.75) is 25.3 Å². The third-order valence-corrected chi connectivity index (χ3v) is 4.93. The van der Waals surface area contributed by atoms with E-state index in [0.29, 0.717) is 31.5 Å². The molecule has 29 heavy (non-hydrogen) atoms. The molecular formula is C22H24FN3O3. The standard InChI is InChI=1S/C22H24FN3O3/c23-19-9-5-4-8-18(19)22(29)26-14-11-17(12-15-26)25-20(27)10-13-24-21(28)16-6-2-1-3-7-16/h1-9,17H,10-15H2,(H,24,28)(H,25,27). The van der Waals surface area contributed by atoms with Gasteiger partial charge in [-0.25, -0.2) is 4.39 Å². The van der Waals surface area contributed by atoms with Crippen LogP contribution in [0.2, 0.25) is 0 Å². The van der Waals surface area contributed by atoms with E-state index in [4.69, 9.17) is 0 Å². The number of carbonyl (C=O) groups excluding carboxylic acids is 3. The lowest BCUT2D eigenvalue weighted by Crippen LogP contribution is -2.47. The number of hydrogen-bond acceptors (Lipinski definition) is 3. The van der Waals surface area contributed by atoms with Crippen LogP contribution in [0.4, 0.5) is 4.39 Å². The van der Waals surface area contributed by atoms with Gasteiger partial charge in [-0.3, -0.25) is 14.4 Å². The number of halogens is 1. The van der Waals surface area contributed by atoms with Gasteiger partial charge in [-0.2, -0.15) is 0 Å². The number of carbonyl (C=O) groups is 3. The SMILES string of the molecule is O=C(CCNC(=O)c1ccccc1)NC1CCN(C(=O)c2ccccc2F)CC1. The Morgan fingerprint density at radius 1 is 0.966 bits per heavy atom. The van der Waals surface area contributed by atoms with Crippen LogP contribution in [0.15, 0.2) is 54.6 Å². The Labute approximate surface area is 169 Å². The normalized spacial score (nSPS) is 14.3. The highest BCUT2D eigenvalue weighted by molar-refractivity contribution is 5.95. The summed E-state index contributed by atoms with van der Waals surface area (Å²) in [6.07, 6.45) is 1.41. The number of benzene rings is 2. The Morgan fingerprint density at radius 2 is 1.62 bits per heavy atom. The molecule has 1 saturated heterocycles. The van der Waals surface area contributed by atoms with E-state index in [-0.39, 0.29) is 42.3 Å². The Balaban J connectivity index is 1.38. The van der Waals surface area contributed by atoms with Crippen molar-refractivity contribution in [1.29, 1.82) is 0 Å². The van der Waals surface area contributed by atoms with Crippen molar-refractivity contribution < 1.29 is 18.8 Å². The molecule has 152 valence electrons. The Morgan fingerprint density at radius 3 is 2.31 bits per heavy atom. The fraction of sp³-hybridized carbons (Fsp3) is 0.318. The first-order valence-corrected chi connectivity index (χ1v) is 9.71. The van der Waals surface area contributed by atoms with Gasteiger partial charge in [-0.15, -0.1) is 0 Å². The monoisotopic (exact) mass is 397 g/mol. The van der Waals surface area contributed by atoms with Crippen LogP contribution in [-0.2, 0) is 4.79 Å². The summed E-state index contributed by atoms with van der Waals surface area (Å²) in [6.45, 7) is 1.18. The highest BCUT2D eigenvalue weighted by Gasteiger charge is 2.25. The summed E-state index contributed by atoms with van der Waals surface area (Å²) in [5, 5.41) is 5.67. The molecule has 0 bridgehead atoms. The Hall–Kier alpha value is -3.22. The van der Waals surface area contributed by atoms with Gasteiger partial charge >= 0.3 is 0 Å². The molecule has 2 aromatic rings. The molecule has 0 aliphatic carbocycles. The molecule has 2 N–H and O–H groups in total. The zero-order valence-electron chi connectivity index (χ0n) is 16.1. The molecule has 1 heterocycles. The van der Waals surface area contributed by atoms with E-state index in [1.54, 1.807) is 41.3 Å². The van der Waals surface area contributed by atoms with E-state index in [1.807, 2.05) is 6.07 Å². The van der Waals surface area contributed by atoms with Crippen LogP contribution in [-0.4, -0.2) is 48.3 Å². The fourth-order valence-electron chi connectivity index (χ4n) is 3.31. The first-order valence-electron chi connectivity index (χ1n) is 9.71. The van der Waals surface area contributed by atoms with Crippen molar-refractivity contribution in [2.24, 2.45) is 0 Å². The summed E-state index contributed by atoms with van der Waals surface area (Å²) < 4.78 is 13.8. The lowest BCUT2D eigenvalue weighted by molar-refractivity contribution is -0.121. The van der Waals surface area contributed by atoms with Gasteiger partial charge in [-0.1, -0.05) is 30.3 Å². The number of rotatable bonds is 6. The molecule has 6 nitrogen and oxygen atoms in total. The topological polar surface area (TPSA) is 78.5 Å². The van der Waals surface area contributed by atoms with E-state index >= 15 is 0 Å². The quantitative estimate of drug-likeness (QED) is 0.786. The van der Waals surface area contributed by atoms with Crippen LogP contribution in [0.5, 0.6) is 0 Å². The van der Waals surface area contributed by atoms with Crippen LogP contribution in [0, 0.1) is 5.82 Å². The van der Waals surface area contributed by atoms with E-state index in [1.165, 1.54) is 12.1 Å². The van der Waals surface area contributed by atoms with Gasteiger partial charge in [0.25, 0.3) is 11.8 Å². The van der Waals surface area contributed by atoms with E-state index in [2.05, 4.69) is 10.6 Å². The van der Waals surface area contributed by atoms with Crippen LogP contribution < -0.4 is 10.6 Å². The second-order valence-corrected chi connectivity index (χ2v) is 6.99. The Bertz CT molecular complexity index is 865. The summed E-state index contributed by atoms with van der Waals surface area (Å²) in [5.74, 6) is -1.20. The lowest BCUT2D eigenvalue weighted by Gasteiger charge is -2.32. The van der Waals surface area contributed by atoms with Gasteiger partial charge in [-0.05, 0) is 37.1 Å². The molecule has 1 aliphatic rings. The zero-order chi connectivity index (χ0) is 20.6. The first-order chi connectivity index (χ1) is 14.0. The predicted octanol–water partition coefficient (Wildman–Crippen LogP) is 2.37. The van der Waals surface area contributed by atoms with Crippen LogP contribution in [0.3, 0.4) is 0 Å². The second kappa shape index (κ2) is 9.82. The van der Waals surface area contributed by atoms with E-state index in [0.717, 1.165) is 0 Å². The van der Waals surface area contributed by atoms with Crippen molar-refractivity contribution in [3.63, 3.8) is 0 Å². The zero-order valence-corrected chi connectivity index (χ0v) is 16.1. The molecule has 0 atom stereocenters. The third-order valence-electron chi connectivity index (χ3n) is 4.93. The van der Waals surface area contributed by atoms with Crippen molar-refractivity contribution in [3.8, 4) is 0 Å². The summed E-state index contributed by atoms with van der Waals surface area (Å²) >= 11 is 0. The molecule has 7 heteroatoms. The lowest BCUT2D eigenvalue weighted by atomic mass is 10.0. The number of likely N-dealkylation sites (tertiary alicyclic amines) is 1. The Kier molecular flexibility index (Phi) is 6.94. The van der Waals surface area contributed by atoms with Gasteiger partial charge in [0.1, 0.15) is 5.82 Å². The molecule has 0 unspecified atom stereocenters. The van der Waals surface area contributed by atoms with E-state index < -0.39 is 5.82 Å². The van der Waals surface area contributed by atoms with Gasteiger partial charge in [0.15, 0.2) is 0 Å². The molecule has 1 aliphatic heterocycles. The highest BCUT2D eigenvalue weighted by atomic mass is 19.1. The largest absolute Gasteiger partial charge is 0.353 e. The minimum absolute atomic E-state index is 0.0306. The molecular weight excluding hydrogens is 373 g/mol. The molecule has 0 radical (unpaired) electrons. The highest BCUT2D eigenvalue weighted by Crippen LogP contribution is 2.16. The minimum Gasteiger partial charge on any atom is -0.353 e. The maximum atomic E-state index is 13.8. The minimum atomic E-state index is -0.523. The van der Waals surface area contributed by atoms with Crippen LogP contribution in [0.25, 0.3) is 0 Å². The molecule has 3 rings (SSSR count). The van der Waals surface area contributed by atoms with Crippen molar-refractivity contribution in [1.82, 2.24) is 15.5 Å². The average Bonchev–Trinajstić information content (AvgIpc) is 2.74. The first kappa shape index (κ1) is 20.5. The third kappa shape index (κ3) is 5.63. The smallest absolute Gasteiger partial charge is 0.256 e. The fourth-order valence-corrected chi connectivity index (χ4v) is 3.31. The van der Waals surface area contributed by atoms with Crippen molar-refractivity contribution in [3.05, 3.63) is 71.5 Å². The van der Waals surface area contributed by atoms with Gasteiger partial charge < -0.3 is 15.5 Å². The summed E-state index contributed by atoms with van der Waals surface area (Å²) in [5.41, 5.74) is 0.629. The van der Waals surface area contributed by atoms with Crippen molar-refractivity contribution >= 4 is 17.7 Å². The van der Waals surface area contributed by atoms with E-state index in [9.17, 15) is 18.8 Å². The van der Waals surface area contributed by atoms with Gasteiger partial charge in [0.05, 0.1) is 5.56 Å². The number of nitrogens with one attached hydrogen (secondary N) is 2. The summed E-state index contributed by atoms with van der Waals surface area (Å²) in [7, 11) is 0. The predicted molar refractivity (Wildman–Crippen MR) is 107 cm³/mol. The van der Waals surface area contributed by atoms with Gasteiger partial charge in [0, 0.05) is 37.7 Å². The van der Waals surface area contributed by atoms with Crippen molar-refractivity contribution in [2.75, 3.05) is 19.6 Å². The molecule has 2 aromatic carbocycles. The van der Waals surface area contributed by atoms with Crippen LogP contribution >= 0.6 is 0 Å². The number of piperidine rings is 1. The molecule has 3 amide bonds. The number of amides is 3.